The number of hydrogen-bond acceptors (Lipinski definition) is 4. The summed E-state index contributed by atoms with van der Waals surface area (Å²) in [6.07, 6.45) is 1.52. The molecule has 0 aromatic heterocycles. The molecule has 1 aliphatic heterocycles. The van der Waals surface area contributed by atoms with Gasteiger partial charge in [0.25, 0.3) is 5.91 Å². The lowest BCUT2D eigenvalue weighted by atomic mass is 10.0. The van der Waals surface area contributed by atoms with E-state index in [0.29, 0.717) is 12.2 Å². The van der Waals surface area contributed by atoms with Gasteiger partial charge in [-0.1, -0.05) is 12.1 Å². The maximum absolute atomic E-state index is 12.1. The number of nitrogens with zero attached hydrogens (tertiary/aromatic N) is 1. The highest BCUT2D eigenvalue weighted by Crippen LogP contribution is 2.29. The fourth-order valence-corrected chi connectivity index (χ4v) is 3.33. The summed E-state index contributed by atoms with van der Waals surface area (Å²) in [6.45, 7) is 1.00. The van der Waals surface area contributed by atoms with Crippen LogP contribution in [0.3, 0.4) is 0 Å². The SMILES string of the molecule is CN(C)CCc1ccc(NC(=O)C2(O)CCSC2)cc1. The van der Waals surface area contributed by atoms with Crippen molar-refractivity contribution in [2.75, 3.05) is 37.5 Å². The smallest absolute Gasteiger partial charge is 0.257 e. The Kier molecular flexibility index (Phi) is 5.07. The number of aliphatic hydroxyl groups is 1. The Bertz CT molecular complexity index is 453. The first kappa shape index (κ1) is 15.4. The number of benzene rings is 1. The number of amides is 1. The molecule has 1 amide bonds. The quantitative estimate of drug-likeness (QED) is 0.866. The molecule has 1 atom stereocenters. The van der Waals surface area contributed by atoms with Crippen LogP contribution in [0.1, 0.15) is 12.0 Å². The Labute approximate surface area is 124 Å². The molecule has 1 aliphatic rings. The van der Waals surface area contributed by atoms with Gasteiger partial charge < -0.3 is 15.3 Å². The van der Waals surface area contributed by atoms with Gasteiger partial charge in [0.15, 0.2) is 5.60 Å². The van der Waals surface area contributed by atoms with Crippen molar-refractivity contribution in [1.29, 1.82) is 0 Å². The minimum Gasteiger partial charge on any atom is -0.379 e. The maximum Gasteiger partial charge on any atom is 0.257 e. The fraction of sp³-hybridized carbons (Fsp3) is 0.533. The predicted molar refractivity (Wildman–Crippen MR) is 84.2 cm³/mol. The van der Waals surface area contributed by atoms with Crippen molar-refractivity contribution in [2.24, 2.45) is 0 Å². The Morgan fingerprint density at radius 3 is 2.65 bits per heavy atom. The first-order valence-corrected chi connectivity index (χ1v) is 8.00. The number of rotatable bonds is 5. The lowest BCUT2D eigenvalue weighted by Crippen LogP contribution is -2.42. The molecule has 110 valence electrons. The molecule has 1 heterocycles. The average Bonchev–Trinajstić information content (AvgIpc) is 2.86. The lowest BCUT2D eigenvalue weighted by Gasteiger charge is -2.20. The van der Waals surface area contributed by atoms with Crippen LogP contribution >= 0.6 is 11.8 Å². The Hall–Kier alpha value is -1.04. The molecule has 2 N–H and O–H groups in total. The van der Waals surface area contributed by atoms with E-state index in [2.05, 4.69) is 24.3 Å². The maximum atomic E-state index is 12.1. The van der Waals surface area contributed by atoms with Crippen LogP contribution in [0.25, 0.3) is 0 Å². The Morgan fingerprint density at radius 2 is 2.10 bits per heavy atom. The second kappa shape index (κ2) is 6.61. The summed E-state index contributed by atoms with van der Waals surface area (Å²) < 4.78 is 0. The van der Waals surface area contributed by atoms with Gasteiger partial charge in [-0.15, -0.1) is 0 Å². The average molecular weight is 294 g/mol. The van der Waals surface area contributed by atoms with Crippen LogP contribution < -0.4 is 5.32 Å². The number of carbonyl (C=O) groups excluding carboxylic acids is 1. The summed E-state index contributed by atoms with van der Waals surface area (Å²) in [6, 6.07) is 7.84. The molecule has 1 unspecified atom stereocenters. The van der Waals surface area contributed by atoms with E-state index in [1.54, 1.807) is 11.8 Å². The van der Waals surface area contributed by atoms with Gasteiger partial charge in [0, 0.05) is 18.0 Å². The van der Waals surface area contributed by atoms with E-state index in [-0.39, 0.29) is 5.91 Å². The van der Waals surface area contributed by atoms with Crippen LogP contribution in [-0.2, 0) is 11.2 Å². The summed E-state index contributed by atoms with van der Waals surface area (Å²) in [5.41, 5.74) is 0.787. The summed E-state index contributed by atoms with van der Waals surface area (Å²) in [5, 5.41) is 13.0. The van der Waals surface area contributed by atoms with Crippen LogP contribution in [0.2, 0.25) is 0 Å². The zero-order valence-electron chi connectivity index (χ0n) is 12.1. The van der Waals surface area contributed by atoms with Crippen molar-refractivity contribution in [3.05, 3.63) is 29.8 Å². The fourth-order valence-electron chi connectivity index (χ4n) is 2.09. The summed E-state index contributed by atoms with van der Waals surface area (Å²) in [4.78, 5) is 14.2. The first-order valence-electron chi connectivity index (χ1n) is 6.85. The Morgan fingerprint density at radius 1 is 1.40 bits per heavy atom. The van der Waals surface area contributed by atoms with Crippen molar-refractivity contribution in [3.63, 3.8) is 0 Å². The second-order valence-electron chi connectivity index (χ2n) is 5.54. The van der Waals surface area contributed by atoms with Gasteiger partial charge in [-0.2, -0.15) is 11.8 Å². The molecule has 4 nitrogen and oxygen atoms in total. The first-order chi connectivity index (χ1) is 9.49. The van der Waals surface area contributed by atoms with Crippen molar-refractivity contribution in [2.45, 2.75) is 18.4 Å². The molecule has 0 aliphatic carbocycles. The van der Waals surface area contributed by atoms with Gasteiger partial charge in [-0.25, -0.2) is 0 Å². The van der Waals surface area contributed by atoms with Crippen LogP contribution in [0.15, 0.2) is 24.3 Å². The van der Waals surface area contributed by atoms with Gasteiger partial charge in [-0.05, 0) is 50.4 Å². The predicted octanol–water partition coefficient (Wildman–Crippen LogP) is 1.60. The number of likely N-dealkylation sites (N-methyl/N-ethyl adjacent to an activating group) is 1. The van der Waals surface area contributed by atoms with Crippen LogP contribution in [-0.4, -0.2) is 53.7 Å². The normalized spacial score (nSPS) is 22.2. The largest absolute Gasteiger partial charge is 0.379 e. The van der Waals surface area contributed by atoms with Gasteiger partial charge in [0.05, 0.1) is 0 Å². The summed E-state index contributed by atoms with van der Waals surface area (Å²) >= 11 is 1.62. The van der Waals surface area contributed by atoms with Gasteiger partial charge in [-0.3, -0.25) is 4.79 Å². The van der Waals surface area contributed by atoms with Crippen LogP contribution in [0.4, 0.5) is 5.69 Å². The minimum atomic E-state index is -1.20. The highest BCUT2D eigenvalue weighted by molar-refractivity contribution is 7.99. The van der Waals surface area contributed by atoms with Gasteiger partial charge in [0.2, 0.25) is 0 Å². The number of nitrogens with one attached hydrogen (secondary N) is 1. The molecule has 1 fully saturated rings. The molecule has 5 heteroatoms. The monoisotopic (exact) mass is 294 g/mol. The number of thioether (sulfide) groups is 1. The van der Waals surface area contributed by atoms with E-state index in [9.17, 15) is 9.90 Å². The molecule has 0 spiro atoms. The van der Waals surface area contributed by atoms with Gasteiger partial charge in [0.1, 0.15) is 0 Å². The van der Waals surface area contributed by atoms with E-state index in [1.165, 1.54) is 5.56 Å². The van der Waals surface area contributed by atoms with E-state index < -0.39 is 5.60 Å². The second-order valence-corrected chi connectivity index (χ2v) is 6.64. The molecule has 2 rings (SSSR count). The third kappa shape index (κ3) is 3.98. The molecular formula is C15H22N2O2S. The molecule has 20 heavy (non-hydrogen) atoms. The van der Waals surface area contributed by atoms with Crippen LogP contribution in [0.5, 0.6) is 0 Å². The van der Waals surface area contributed by atoms with E-state index in [0.717, 1.165) is 24.4 Å². The third-order valence-corrected chi connectivity index (χ3v) is 4.66. The lowest BCUT2D eigenvalue weighted by molar-refractivity contribution is -0.131. The standard InChI is InChI=1S/C15H22N2O2S/c1-17(2)9-7-12-3-5-13(6-4-12)16-14(18)15(19)8-10-20-11-15/h3-6,19H,7-11H2,1-2H3,(H,16,18). The topological polar surface area (TPSA) is 52.6 Å². The van der Waals surface area contributed by atoms with Crippen LogP contribution in [0, 0.1) is 0 Å². The summed E-state index contributed by atoms with van der Waals surface area (Å²) in [7, 11) is 4.10. The van der Waals surface area contributed by atoms with E-state index in [1.807, 2.05) is 24.3 Å². The molecule has 0 saturated carbocycles. The number of carbonyl (C=O) groups is 1. The van der Waals surface area contributed by atoms with Crippen molar-refractivity contribution in [3.8, 4) is 0 Å². The number of anilines is 1. The zero-order chi connectivity index (χ0) is 14.6. The molecular weight excluding hydrogens is 272 g/mol. The van der Waals surface area contributed by atoms with E-state index in [4.69, 9.17) is 0 Å². The number of hydrogen-bond donors (Lipinski definition) is 2. The van der Waals surface area contributed by atoms with E-state index >= 15 is 0 Å². The zero-order valence-corrected chi connectivity index (χ0v) is 12.9. The minimum absolute atomic E-state index is 0.288. The Balaban J connectivity index is 1.91. The third-order valence-electron chi connectivity index (χ3n) is 3.48. The highest BCUT2D eigenvalue weighted by Gasteiger charge is 2.39. The van der Waals surface area contributed by atoms with Gasteiger partial charge >= 0.3 is 0 Å². The molecule has 0 bridgehead atoms. The molecule has 0 radical (unpaired) electrons. The molecule has 1 aromatic rings. The van der Waals surface area contributed by atoms with Crippen molar-refractivity contribution in [1.82, 2.24) is 4.90 Å². The molecule has 1 aromatic carbocycles. The molecule has 1 saturated heterocycles. The summed E-state index contributed by atoms with van der Waals surface area (Å²) in [5.74, 6) is 1.04. The van der Waals surface area contributed by atoms with Crippen molar-refractivity contribution >= 4 is 23.4 Å². The van der Waals surface area contributed by atoms with Crippen molar-refractivity contribution < 1.29 is 9.90 Å². The highest BCUT2D eigenvalue weighted by atomic mass is 32.2.